The predicted octanol–water partition coefficient (Wildman–Crippen LogP) is 13.3. The molecule has 52 heavy (non-hydrogen) atoms. The van der Waals surface area contributed by atoms with E-state index in [1.54, 1.807) is 0 Å². The van der Waals surface area contributed by atoms with E-state index in [1.165, 1.54) is 99.6 Å². The van der Waals surface area contributed by atoms with Crippen molar-refractivity contribution in [3.05, 3.63) is 168 Å². The molecule has 0 aliphatic carbocycles. The highest BCUT2D eigenvalue weighted by molar-refractivity contribution is 6.23. The van der Waals surface area contributed by atoms with Crippen LogP contribution in [0, 0.1) is 13.8 Å². The van der Waals surface area contributed by atoms with Crippen LogP contribution in [0.5, 0.6) is 0 Å². The molecule has 0 radical (unpaired) electrons. The zero-order valence-electron chi connectivity index (χ0n) is 30.0. The predicted molar refractivity (Wildman–Crippen MR) is 223 cm³/mol. The minimum absolute atomic E-state index is 1.02. The van der Waals surface area contributed by atoms with Crippen molar-refractivity contribution in [1.29, 1.82) is 0 Å². The molecule has 8 aromatic rings. The summed E-state index contributed by atoms with van der Waals surface area (Å²) < 4.78 is 0. The van der Waals surface area contributed by atoms with Crippen molar-refractivity contribution < 1.29 is 0 Å². The molecule has 2 aliphatic rings. The highest BCUT2D eigenvalue weighted by Gasteiger charge is 2.24. The second kappa shape index (κ2) is 12.4. The maximum Gasteiger partial charge on any atom is 0.0443 e. The Labute approximate surface area is 306 Å². The minimum Gasteiger partial charge on any atom is -0.341 e. The van der Waals surface area contributed by atoms with E-state index < -0.39 is 0 Å². The summed E-state index contributed by atoms with van der Waals surface area (Å²) in [5.74, 6) is 0. The smallest absolute Gasteiger partial charge is 0.0443 e. The molecular formula is C50H42N2. The van der Waals surface area contributed by atoms with E-state index in [1.807, 2.05) is 0 Å². The third-order valence-corrected chi connectivity index (χ3v) is 11.8. The van der Waals surface area contributed by atoms with Crippen LogP contribution in [0.1, 0.15) is 35.1 Å². The lowest BCUT2D eigenvalue weighted by Gasteiger charge is -2.32. The van der Waals surface area contributed by atoms with Gasteiger partial charge in [0.05, 0.1) is 0 Å². The molecule has 0 spiro atoms. The van der Waals surface area contributed by atoms with Crippen LogP contribution < -0.4 is 9.80 Å². The average molecular weight is 671 g/mol. The van der Waals surface area contributed by atoms with E-state index in [4.69, 9.17) is 0 Å². The van der Waals surface area contributed by atoms with Crippen molar-refractivity contribution in [2.75, 3.05) is 22.9 Å². The van der Waals surface area contributed by atoms with Gasteiger partial charge in [-0.3, -0.25) is 0 Å². The summed E-state index contributed by atoms with van der Waals surface area (Å²) in [5.41, 5.74) is 15.9. The molecule has 0 aromatic heterocycles. The summed E-state index contributed by atoms with van der Waals surface area (Å²) in [6.07, 6.45) is 4.57. The van der Waals surface area contributed by atoms with Crippen LogP contribution in [-0.4, -0.2) is 13.1 Å². The first kappa shape index (κ1) is 30.9. The summed E-state index contributed by atoms with van der Waals surface area (Å²) in [6.45, 7) is 6.50. The highest BCUT2D eigenvalue weighted by Crippen LogP contribution is 2.48. The van der Waals surface area contributed by atoms with Gasteiger partial charge in [-0.2, -0.15) is 0 Å². The highest BCUT2D eigenvalue weighted by atomic mass is 15.1. The van der Waals surface area contributed by atoms with Gasteiger partial charge >= 0.3 is 0 Å². The molecule has 2 aliphatic heterocycles. The van der Waals surface area contributed by atoms with Gasteiger partial charge in [-0.15, -0.1) is 0 Å². The molecule has 0 saturated heterocycles. The molecule has 0 fully saturated rings. The molecule has 2 nitrogen and oxygen atoms in total. The number of hydrogen-bond donors (Lipinski definition) is 0. The van der Waals surface area contributed by atoms with Gasteiger partial charge in [0.25, 0.3) is 0 Å². The Morgan fingerprint density at radius 3 is 1.52 bits per heavy atom. The van der Waals surface area contributed by atoms with E-state index in [2.05, 4.69) is 169 Å². The Kier molecular flexibility index (Phi) is 7.39. The topological polar surface area (TPSA) is 6.48 Å². The fourth-order valence-electron chi connectivity index (χ4n) is 9.01. The standard InChI is InChI=1S/C50H42N2/c1-33-19-20-39(29-34(33)2)49-43-25-23-42(52-28-10-16-37-13-6-8-18-48(37)52)32-46(43)50(40-22-21-35-11-3-4-14-38(35)30-40)44-26-24-41(31-45(44)49)51-27-9-15-36-12-5-7-17-47(36)51/h3-8,11-14,17-26,29-32H,9-10,15-16,27-28H2,1-2H3. The third kappa shape index (κ3) is 5.08. The second-order valence-corrected chi connectivity index (χ2v) is 14.8. The van der Waals surface area contributed by atoms with Crippen LogP contribution in [0.2, 0.25) is 0 Å². The molecule has 0 N–H and O–H groups in total. The molecule has 0 unspecified atom stereocenters. The Morgan fingerprint density at radius 1 is 0.404 bits per heavy atom. The number of anilines is 4. The molecule has 0 amide bonds. The molecule has 0 atom stereocenters. The van der Waals surface area contributed by atoms with Gasteiger partial charge in [-0.25, -0.2) is 0 Å². The molecule has 0 bridgehead atoms. The van der Waals surface area contributed by atoms with Crippen molar-refractivity contribution >= 4 is 55.1 Å². The van der Waals surface area contributed by atoms with Crippen molar-refractivity contribution in [3.63, 3.8) is 0 Å². The van der Waals surface area contributed by atoms with Crippen LogP contribution in [0.15, 0.2) is 146 Å². The Morgan fingerprint density at radius 2 is 0.923 bits per heavy atom. The molecule has 2 heteroatoms. The molecular weight excluding hydrogens is 629 g/mol. The molecule has 10 rings (SSSR count). The fraction of sp³-hybridized carbons (Fsp3) is 0.160. The van der Waals surface area contributed by atoms with Gasteiger partial charge in [0.15, 0.2) is 0 Å². The zero-order chi connectivity index (χ0) is 34.8. The first-order chi connectivity index (χ1) is 25.6. The Balaban J connectivity index is 1.30. The maximum absolute atomic E-state index is 2.54. The van der Waals surface area contributed by atoms with Crippen molar-refractivity contribution in [2.45, 2.75) is 39.5 Å². The summed E-state index contributed by atoms with van der Waals surface area (Å²) in [6, 6.07) is 55.3. The first-order valence-electron chi connectivity index (χ1n) is 18.9. The van der Waals surface area contributed by atoms with Gasteiger partial charge in [0, 0.05) is 35.8 Å². The van der Waals surface area contributed by atoms with Gasteiger partial charge in [-0.1, -0.05) is 103 Å². The van der Waals surface area contributed by atoms with Crippen LogP contribution in [0.3, 0.4) is 0 Å². The Bertz CT molecular complexity index is 2680. The maximum atomic E-state index is 2.54. The number of fused-ring (bicyclic) bond motifs is 5. The van der Waals surface area contributed by atoms with Crippen LogP contribution in [0.25, 0.3) is 54.6 Å². The van der Waals surface area contributed by atoms with Gasteiger partial charge in [0.1, 0.15) is 0 Å². The number of hydrogen-bond acceptors (Lipinski definition) is 2. The largest absolute Gasteiger partial charge is 0.341 e. The first-order valence-corrected chi connectivity index (χ1v) is 18.9. The number of rotatable bonds is 4. The van der Waals surface area contributed by atoms with E-state index >= 15 is 0 Å². The zero-order valence-corrected chi connectivity index (χ0v) is 30.0. The Hall–Kier alpha value is -5.86. The normalized spacial score (nSPS) is 14.2. The molecule has 0 saturated carbocycles. The third-order valence-electron chi connectivity index (χ3n) is 11.8. The van der Waals surface area contributed by atoms with E-state index in [0.717, 1.165) is 38.8 Å². The van der Waals surface area contributed by atoms with E-state index in [0.29, 0.717) is 0 Å². The fourth-order valence-corrected chi connectivity index (χ4v) is 9.01. The number of para-hydroxylation sites is 2. The number of aryl methyl sites for hydroxylation is 4. The summed E-state index contributed by atoms with van der Waals surface area (Å²) in [7, 11) is 0. The van der Waals surface area contributed by atoms with E-state index in [-0.39, 0.29) is 0 Å². The second-order valence-electron chi connectivity index (χ2n) is 14.8. The molecule has 2 heterocycles. The van der Waals surface area contributed by atoms with Crippen LogP contribution in [0.4, 0.5) is 22.7 Å². The summed E-state index contributed by atoms with van der Waals surface area (Å²) in [5, 5.41) is 7.72. The van der Waals surface area contributed by atoms with E-state index in [9.17, 15) is 0 Å². The minimum atomic E-state index is 1.02. The molecule has 8 aromatic carbocycles. The van der Waals surface area contributed by atoms with Gasteiger partial charge < -0.3 is 9.80 Å². The lowest BCUT2D eigenvalue weighted by Crippen LogP contribution is -2.24. The summed E-state index contributed by atoms with van der Waals surface area (Å²) in [4.78, 5) is 5.08. The van der Waals surface area contributed by atoms with Crippen LogP contribution >= 0.6 is 0 Å². The lowest BCUT2D eigenvalue weighted by molar-refractivity contribution is 0.767. The number of nitrogens with zero attached hydrogens (tertiary/aromatic N) is 2. The van der Waals surface area contributed by atoms with Gasteiger partial charge in [0.2, 0.25) is 0 Å². The van der Waals surface area contributed by atoms with Crippen LogP contribution in [-0.2, 0) is 12.8 Å². The number of benzene rings is 8. The SMILES string of the molecule is Cc1ccc(-c2c3ccc(N4CCCc5ccccc54)cc3c(-c3ccc4ccccc4c3)c3ccc(N4CCCc5ccccc54)cc23)cc1C. The lowest BCUT2D eigenvalue weighted by atomic mass is 9.84. The van der Waals surface area contributed by atoms with Gasteiger partial charge in [-0.05, 0) is 159 Å². The van der Waals surface area contributed by atoms with Crippen molar-refractivity contribution in [2.24, 2.45) is 0 Å². The van der Waals surface area contributed by atoms with Crippen molar-refractivity contribution in [1.82, 2.24) is 0 Å². The molecule has 252 valence electrons. The monoisotopic (exact) mass is 670 g/mol. The quantitative estimate of drug-likeness (QED) is 0.172. The summed E-state index contributed by atoms with van der Waals surface area (Å²) >= 11 is 0. The van der Waals surface area contributed by atoms with Crippen molar-refractivity contribution in [3.8, 4) is 22.3 Å². The average Bonchev–Trinajstić information content (AvgIpc) is 3.20.